The molecule has 0 bridgehead atoms. The first-order valence-corrected chi connectivity index (χ1v) is 8.24. The Morgan fingerprint density at radius 2 is 2.00 bits per heavy atom. The monoisotopic (exact) mass is 370 g/mol. The molecule has 22 heavy (non-hydrogen) atoms. The highest BCUT2D eigenvalue weighted by atomic mass is 79.9. The summed E-state index contributed by atoms with van der Waals surface area (Å²) >= 11 is 3.23. The van der Waals surface area contributed by atoms with Crippen molar-refractivity contribution in [2.45, 2.75) is 46.1 Å². The number of pyridine rings is 1. The minimum absolute atomic E-state index is 0.0810. The van der Waals surface area contributed by atoms with Crippen molar-refractivity contribution >= 4 is 27.8 Å². The number of hydrogen-bond donors (Lipinski definition) is 1. The molecule has 122 valence electrons. The molecule has 0 saturated carbocycles. The summed E-state index contributed by atoms with van der Waals surface area (Å²) < 4.78 is 5.66. The van der Waals surface area contributed by atoms with Crippen molar-refractivity contribution in [3.63, 3.8) is 0 Å². The Labute approximate surface area is 140 Å². The number of carbonyl (C=O) groups excluding carboxylic acids is 2. The second kappa shape index (κ2) is 9.56. The zero-order valence-corrected chi connectivity index (χ0v) is 14.9. The molecule has 1 aromatic rings. The predicted molar refractivity (Wildman–Crippen MR) is 88.5 cm³/mol. The molecule has 0 radical (unpaired) electrons. The standard InChI is InChI=1S/C16H23BrN2O3/c1-11(2)5-4-6-12(3)19-15(20)10-22-16(21)13-7-14(17)9-18-8-13/h7-9,11-12H,4-6,10H2,1-3H3,(H,19,20)/t12-/m0/s1. The smallest absolute Gasteiger partial charge is 0.340 e. The highest BCUT2D eigenvalue weighted by Crippen LogP contribution is 2.10. The molecular weight excluding hydrogens is 348 g/mol. The minimum atomic E-state index is -0.559. The molecular formula is C16H23BrN2O3. The number of halogens is 1. The van der Waals surface area contributed by atoms with E-state index in [2.05, 4.69) is 40.1 Å². The fraction of sp³-hybridized carbons (Fsp3) is 0.562. The summed E-state index contributed by atoms with van der Waals surface area (Å²) in [5.74, 6) is -0.174. The molecule has 0 spiro atoms. The lowest BCUT2D eigenvalue weighted by Crippen LogP contribution is -2.35. The second-order valence-corrected chi connectivity index (χ2v) is 6.68. The van der Waals surface area contributed by atoms with Crippen molar-refractivity contribution in [3.8, 4) is 0 Å². The highest BCUT2D eigenvalue weighted by Gasteiger charge is 2.12. The second-order valence-electron chi connectivity index (χ2n) is 5.76. The average molecular weight is 371 g/mol. The van der Waals surface area contributed by atoms with E-state index >= 15 is 0 Å². The first-order valence-electron chi connectivity index (χ1n) is 7.45. The van der Waals surface area contributed by atoms with Crippen LogP contribution in [-0.4, -0.2) is 29.5 Å². The summed E-state index contributed by atoms with van der Waals surface area (Å²) in [5.41, 5.74) is 0.312. The zero-order chi connectivity index (χ0) is 16.5. The summed E-state index contributed by atoms with van der Waals surface area (Å²) in [6.45, 7) is 6.04. The van der Waals surface area contributed by atoms with Gasteiger partial charge in [0.2, 0.25) is 0 Å². The number of carbonyl (C=O) groups is 2. The maximum absolute atomic E-state index is 11.8. The number of aromatic nitrogens is 1. The van der Waals surface area contributed by atoms with E-state index in [0.29, 0.717) is 16.0 Å². The van der Waals surface area contributed by atoms with Crippen molar-refractivity contribution in [3.05, 3.63) is 28.5 Å². The number of rotatable bonds is 8. The van der Waals surface area contributed by atoms with E-state index in [0.717, 1.165) is 19.3 Å². The first kappa shape index (κ1) is 18.6. The van der Waals surface area contributed by atoms with E-state index in [-0.39, 0.29) is 18.6 Å². The topological polar surface area (TPSA) is 68.3 Å². The van der Waals surface area contributed by atoms with Crippen LogP contribution in [0.5, 0.6) is 0 Å². The van der Waals surface area contributed by atoms with Gasteiger partial charge in [-0.05, 0) is 41.3 Å². The summed E-state index contributed by atoms with van der Waals surface area (Å²) in [6, 6.07) is 1.68. The molecule has 0 aliphatic rings. The fourth-order valence-electron chi connectivity index (χ4n) is 1.96. The number of nitrogens with one attached hydrogen (secondary N) is 1. The molecule has 1 heterocycles. The van der Waals surface area contributed by atoms with Crippen LogP contribution >= 0.6 is 15.9 Å². The molecule has 0 aliphatic carbocycles. The highest BCUT2D eigenvalue weighted by molar-refractivity contribution is 9.10. The van der Waals surface area contributed by atoms with Gasteiger partial charge in [0.25, 0.3) is 5.91 Å². The van der Waals surface area contributed by atoms with Crippen molar-refractivity contribution in [1.29, 1.82) is 0 Å². The lowest BCUT2D eigenvalue weighted by Gasteiger charge is -2.14. The third kappa shape index (κ3) is 7.54. The lowest BCUT2D eigenvalue weighted by molar-refractivity contribution is -0.124. The molecule has 6 heteroatoms. The van der Waals surface area contributed by atoms with Crippen LogP contribution in [0.15, 0.2) is 22.9 Å². The quantitative estimate of drug-likeness (QED) is 0.712. The van der Waals surface area contributed by atoms with E-state index in [1.807, 2.05) is 6.92 Å². The van der Waals surface area contributed by atoms with Crippen LogP contribution in [0.4, 0.5) is 0 Å². The largest absolute Gasteiger partial charge is 0.452 e. The van der Waals surface area contributed by atoms with E-state index in [1.54, 1.807) is 12.3 Å². The van der Waals surface area contributed by atoms with Crippen LogP contribution in [0.1, 0.15) is 50.4 Å². The normalized spacial score (nSPS) is 12.0. The third-order valence-corrected chi connectivity index (χ3v) is 3.53. The van der Waals surface area contributed by atoms with Gasteiger partial charge in [-0.2, -0.15) is 0 Å². The molecule has 0 saturated heterocycles. The maximum Gasteiger partial charge on any atom is 0.340 e. The van der Waals surface area contributed by atoms with Crippen LogP contribution in [0, 0.1) is 5.92 Å². The van der Waals surface area contributed by atoms with Gasteiger partial charge in [0.15, 0.2) is 6.61 Å². The number of nitrogens with zero attached hydrogens (tertiary/aromatic N) is 1. The molecule has 0 unspecified atom stereocenters. The molecule has 1 atom stereocenters. The number of esters is 1. The van der Waals surface area contributed by atoms with Crippen LogP contribution in [0.2, 0.25) is 0 Å². The van der Waals surface area contributed by atoms with Crippen molar-refractivity contribution in [2.24, 2.45) is 5.92 Å². The Bertz CT molecular complexity index is 506. The van der Waals surface area contributed by atoms with E-state index in [1.165, 1.54) is 6.20 Å². The maximum atomic E-state index is 11.8. The van der Waals surface area contributed by atoms with Gasteiger partial charge in [0.05, 0.1) is 5.56 Å². The molecule has 0 fully saturated rings. The van der Waals surface area contributed by atoms with Crippen LogP contribution in [-0.2, 0) is 9.53 Å². The lowest BCUT2D eigenvalue weighted by atomic mass is 10.0. The summed E-state index contributed by atoms with van der Waals surface area (Å²) in [5, 5.41) is 2.83. The van der Waals surface area contributed by atoms with Crippen LogP contribution in [0.25, 0.3) is 0 Å². The Hall–Kier alpha value is -1.43. The average Bonchev–Trinajstić information content (AvgIpc) is 2.44. The van der Waals surface area contributed by atoms with E-state index in [4.69, 9.17) is 4.74 Å². The Kier molecular flexibility index (Phi) is 8.09. The van der Waals surface area contributed by atoms with Crippen LogP contribution < -0.4 is 5.32 Å². The summed E-state index contributed by atoms with van der Waals surface area (Å²) in [6.07, 6.45) is 6.11. The van der Waals surface area contributed by atoms with Gasteiger partial charge in [-0.25, -0.2) is 4.79 Å². The SMILES string of the molecule is CC(C)CCC[C@H](C)NC(=O)COC(=O)c1cncc(Br)c1. The van der Waals surface area contributed by atoms with Crippen molar-refractivity contribution in [1.82, 2.24) is 10.3 Å². The van der Waals surface area contributed by atoms with E-state index < -0.39 is 5.97 Å². The summed E-state index contributed by atoms with van der Waals surface area (Å²) in [4.78, 5) is 27.4. The number of hydrogen-bond acceptors (Lipinski definition) is 4. The van der Waals surface area contributed by atoms with Gasteiger partial charge in [0, 0.05) is 22.9 Å². The van der Waals surface area contributed by atoms with Gasteiger partial charge in [-0.3, -0.25) is 9.78 Å². The number of ether oxygens (including phenoxy) is 1. The third-order valence-electron chi connectivity index (χ3n) is 3.10. The van der Waals surface area contributed by atoms with Gasteiger partial charge < -0.3 is 10.1 Å². The molecule has 1 N–H and O–H groups in total. The minimum Gasteiger partial charge on any atom is -0.452 e. The Morgan fingerprint density at radius 3 is 2.64 bits per heavy atom. The van der Waals surface area contributed by atoms with Crippen molar-refractivity contribution in [2.75, 3.05) is 6.61 Å². The van der Waals surface area contributed by atoms with Gasteiger partial charge in [-0.1, -0.05) is 26.7 Å². The number of amides is 1. The molecule has 0 aliphatic heterocycles. The van der Waals surface area contributed by atoms with E-state index in [9.17, 15) is 9.59 Å². The van der Waals surface area contributed by atoms with Gasteiger partial charge in [0.1, 0.15) is 0 Å². The fourth-order valence-corrected chi connectivity index (χ4v) is 2.32. The predicted octanol–water partition coefficient (Wildman–Crippen LogP) is 3.33. The van der Waals surface area contributed by atoms with Crippen molar-refractivity contribution < 1.29 is 14.3 Å². The molecule has 1 rings (SSSR count). The molecule has 1 aromatic heterocycles. The van der Waals surface area contributed by atoms with Crippen LogP contribution in [0.3, 0.4) is 0 Å². The summed E-state index contributed by atoms with van der Waals surface area (Å²) in [7, 11) is 0. The first-order chi connectivity index (χ1) is 10.4. The molecule has 1 amide bonds. The van der Waals surface area contributed by atoms with Gasteiger partial charge in [-0.15, -0.1) is 0 Å². The molecule has 5 nitrogen and oxygen atoms in total. The van der Waals surface area contributed by atoms with Gasteiger partial charge >= 0.3 is 5.97 Å². The Morgan fingerprint density at radius 1 is 1.27 bits per heavy atom. The Balaban J connectivity index is 2.29. The molecule has 0 aromatic carbocycles. The zero-order valence-electron chi connectivity index (χ0n) is 13.3.